The van der Waals surface area contributed by atoms with Gasteiger partial charge in [-0.1, -0.05) is 11.6 Å². The van der Waals surface area contributed by atoms with Gasteiger partial charge in [0.1, 0.15) is 0 Å². The lowest BCUT2D eigenvalue weighted by atomic mass is 10.0. The van der Waals surface area contributed by atoms with Gasteiger partial charge >= 0.3 is 12.0 Å². The fourth-order valence-electron chi connectivity index (χ4n) is 1.72. The number of urea groups is 1. The van der Waals surface area contributed by atoms with Crippen molar-refractivity contribution in [1.82, 2.24) is 5.32 Å². The molecular formula is C13H16ClN3O4. The minimum absolute atomic E-state index is 0.0108. The molecule has 0 atom stereocenters. The van der Waals surface area contributed by atoms with Crippen molar-refractivity contribution in [2.24, 2.45) is 5.73 Å². The molecule has 0 unspecified atom stereocenters. The normalized spacial score (nSPS) is 10.8. The van der Waals surface area contributed by atoms with E-state index in [1.165, 1.54) is 18.2 Å². The predicted octanol–water partition coefficient (Wildman–Crippen LogP) is 1.81. The van der Waals surface area contributed by atoms with Crippen molar-refractivity contribution in [3.63, 3.8) is 0 Å². The van der Waals surface area contributed by atoms with Crippen molar-refractivity contribution in [2.75, 3.05) is 5.32 Å². The second-order valence-electron chi connectivity index (χ2n) is 5.11. The fraction of sp³-hybridized carbons (Fsp3) is 0.308. The molecule has 1 rings (SSSR count). The van der Waals surface area contributed by atoms with Gasteiger partial charge in [0, 0.05) is 17.6 Å². The Morgan fingerprint density at radius 3 is 2.43 bits per heavy atom. The van der Waals surface area contributed by atoms with Crippen LogP contribution in [0.5, 0.6) is 0 Å². The van der Waals surface area contributed by atoms with Gasteiger partial charge in [0.2, 0.25) is 5.91 Å². The lowest BCUT2D eigenvalue weighted by molar-refractivity contribution is -0.119. The van der Waals surface area contributed by atoms with Crippen LogP contribution in [-0.4, -0.2) is 28.6 Å². The third kappa shape index (κ3) is 5.31. The first-order chi connectivity index (χ1) is 9.60. The minimum atomic E-state index is -1.15. The Hall–Kier alpha value is -2.28. The summed E-state index contributed by atoms with van der Waals surface area (Å²) in [6, 6.07) is 3.47. The summed E-state index contributed by atoms with van der Waals surface area (Å²) >= 11 is 5.80. The maximum absolute atomic E-state index is 11.8. The number of hydrogen-bond acceptors (Lipinski definition) is 3. The number of primary amides is 1. The van der Waals surface area contributed by atoms with Gasteiger partial charge in [-0.05, 0) is 32.0 Å². The molecule has 0 saturated heterocycles. The van der Waals surface area contributed by atoms with Crippen molar-refractivity contribution in [1.29, 1.82) is 0 Å². The molecule has 7 nitrogen and oxygen atoms in total. The number of halogens is 1. The van der Waals surface area contributed by atoms with E-state index in [2.05, 4.69) is 10.6 Å². The van der Waals surface area contributed by atoms with Gasteiger partial charge in [0.05, 0.1) is 10.6 Å². The molecule has 0 bridgehead atoms. The van der Waals surface area contributed by atoms with Crippen molar-refractivity contribution in [2.45, 2.75) is 25.8 Å². The third-order valence-electron chi connectivity index (χ3n) is 2.53. The van der Waals surface area contributed by atoms with E-state index >= 15 is 0 Å². The zero-order valence-electron chi connectivity index (χ0n) is 11.6. The number of carbonyl (C=O) groups is 3. The molecule has 0 fully saturated rings. The smallest absolute Gasteiger partial charge is 0.337 e. The molecule has 0 aliphatic heterocycles. The topological polar surface area (TPSA) is 122 Å². The summed E-state index contributed by atoms with van der Waals surface area (Å²) < 4.78 is 0. The molecule has 0 aromatic heterocycles. The van der Waals surface area contributed by atoms with E-state index in [1.807, 2.05) is 0 Å². The molecule has 0 heterocycles. The molecule has 1 aromatic carbocycles. The van der Waals surface area contributed by atoms with E-state index in [4.69, 9.17) is 22.4 Å². The quantitative estimate of drug-likeness (QED) is 0.662. The van der Waals surface area contributed by atoms with Gasteiger partial charge in [-0.15, -0.1) is 0 Å². The average molecular weight is 314 g/mol. The maximum atomic E-state index is 11.8. The largest absolute Gasteiger partial charge is 0.478 e. The minimum Gasteiger partial charge on any atom is -0.478 e. The lowest BCUT2D eigenvalue weighted by Gasteiger charge is -2.24. The summed E-state index contributed by atoms with van der Waals surface area (Å²) in [7, 11) is 0. The zero-order chi connectivity index (χ0) is 16.2. The number of nitrogens with one attached hydrogen (secondary N) is 2. The van der Waals surface area contributed by atoms with Crippen LogP contribution in [0, 0.1) is 0 Å². The van der Waals surface area contributed by atoms with E-state index in [0.717, 1.165) is 0 Å². The number of anilines is 1. The first kappa shape index (κ1) is 16.8. The number of benzene rings is 1. The molecule has 3 amide bonds. The number of carboxylic acid groups (broad SMARTS) is 1. The Morgan fingerprint density at radius 1 is 1.33 bits per heavy atom. The molecule has 0 aliphatic carbocycles. The molecule has 0 spiro atoms. The fourth-order valence-corrected chi connectivity index (χ4v) is 1.98. The van der Waals surface area contributed by atoms with Gasteiger partial charge < -0.3 is 21.5 Å². The van der Waals surface area contributed by atoms with E-state index in [-0.39, 0.29) is 17.0 Å². The van der Waals surface area contributed by atoms with Crippen LogP contribution in [0.3, 0.4) is 0 Å². The van der Waals surface area contributed by atoms with Crippen LogP contribution in [0.2, 0.25) is 5.02 Å². The van der Waals surface area contributed by atoms with Gasteiger partial charge in [-0.3, -0.25) is 4.79 Å². The number of nitrogens with two attached hydrogens (primary N) is 1. The highest BCUT2D eigenvalue weighted by atomic mass is 35.5. The summed E-state index contributed by atoms with van der Waals surface area (Å²) in [4.78, 5) is 33.5. The van der Waals surface area contributed by atoms with Crippen molar-refractivity contribution >= 4 is 35.2 Å². The van der Waals surface area contributed by atoms with E-state index in [1.54, 1.807) is 13.8 Å². The summed E-state index contributed by atoms with van der Waals surface area (Å²) in [5.41, 5.74) is 4.56. The van der Waals surface area contributed by atoms with Crippen LogP contribution < -0.4 is 16.4 Å². The maximum Gasteiger partial charge on any atom is 0.337 e. The summed E-state index contributed by atoms with van der Waals surface area (Å²) in [5, 5.41) is 13.9. The van der Waals surface area contributed by atoms with Crippen LogP contribution in [-0.2, 0) is 4.79 Å². The van der Waals surface area contributed by atoms with Crippen molar-refractivity contribution in [3.8, 4) is 0 Å². The first-order valence-corrected chi connectivity index (χ1v) is 6.39. The van der Waals surface area contributed by atoms with Gasteiger partial charge in [0.25, 0.3) is 0 Å². The third-order valence-corrected chi connectivity index (χ3v) is 2.84. The van der Waals surface area contributed by atoms with Gasteiger partial charge in [-0.25, -0.2) is 9.59 Å². The van der Waals surface area contributed by atoms with Gasteiger partial charge in [0.15, 0.2) is 0 Å². The molecule has 114 valence electrons. The number of hydrogen-bond donors (Lipinski definition) is 4. The van der Waals surface area contributed by atoms with E-state index in [9.17, 15) is 14.4 Å². The molecule has 0 aliphatic rings. The standard InChI is InChI=1S/C13H16ClN3O4/c1-13(2,6-10(15)18)17-12(21)16-7-3-4-8(11(19)20)9(14)5-7/h3-5H,6H2,1-2H3,(H2,15,18)(H,19,20)(H2,16,17,21). The van der Waals surface area contributed by atoms with Crippen LogP contribution >= 0.6 is 11.6 Å². The monoisotopic (exact) mass is 313 g/mol. The highest BCUT2D eigenvalue weighted by molar-refractivity contribution is 6.33. The second-order valence-corrected chi connectivity index (χ2v) is 5.51. The van der Waals surface area contributed by atoms with Crippen molar-refractivity contribution < 1.29 is 19.5 Å². The highest BCUT2D eigenvalue weighted by Gasteiger charge is 2.23. The Balaban J connectivity index is 2.73. The lowest BCUT2D eigenvalue weighted by Crippen LogP contribution is -2.47. The van der Waals surface area contributed by atoms with Crippen LogP contribution in [0.4, 0.5) is 10.5 Å². The van der Waals surface area contributed by atoms with E-state index in [0.29, 0.717) is 5.69 Å². The zero-order valence-corrected chi connectivity index (χ0v) is 12.3. The average Bonchev–Trinajstić information content (AvgIpc) is 2.24. The molecule has 21 heavy (non-hydrogen) atoms. The Bertz CT molecular complexity index is 587. The molecule has 0 radical (unpaired) electrons. The van der Waals surface area contributed by atoms with E-state index < -0.39 is 23.4 Å². The molecular weight excluding hydrogens is 298 g/mol. The number of carboxylic acids is 1. The number of amides is 3. The van der Waals surface area contributed by atoms with Gasteiger partial charge in [-0.2, -0.15) is 0 Å². The summed E-state index contributed by atoms with van der Waals surface area (Å²) in [6.07, 6.45) is -0.0148. The SMILES string of the molecule is CC(C)(CC(N)=O)NC(=O)Nc1ccc(C(=O)O)c(Cl)c1. The molecule has 1 aromatic rings. The second kappa shape index (κ2) is 6.45. The molecule has 8 heteroatoms. The highest BCUT2D eigenvalue weighted by Crippen LogP contribution is 2.21. The Kier molecular flexibility index (Phi) is 5.15. The van der Waals surface area contributed by atoms with Crippen molar-refractivity contribution in [3.05, 3.63) is 28.8 Å². The number of aromatic carboxylic acids is 1. The Labute approximate surface area is 126 Å². The predicted molar refractivity (Wildman–Crippen MR) is 78.5 cm³/mol. The van der Waals surface area contributed by atoms with Crippen LogP contribution in [0.25, 0.3) is 0 Å². The number of carbonyl (C=O) groups excluding carboxylic acids is 2. The summed E-state index contributed by atoms with van der Waals surface area (Å²) in [5.74, 6) is -1.69. The summed E-state index contributed by atoms with van der Waals surface area (Å²) in [6.45, 7) is 3.30. The molecule has 0 saturated carbocycles. The van der Waals surface area contributed by atoms with Crippen LogP contribution in [0.15, 0.2) is 18.2 Å². The van der Waals surface area contributed by atoms with Crippen LogP contribution in [0.1, 0.15) is 30.6 Å². The number of rotatable bonds is 5. The molecule has 5 N–H and O–H groups in total. The first-order valence-electron chi connectivity index (χ1n) is 6.01. The Morgan fingerprint density at radius 2 is 1.95 bits per heavy atom.